The number of nitrogens with one attached hydrogen (secondary N) is 3. The van der Waals surface area contributed by atoms with Gasteiger partial charge in [0.25, 0.3) is 5.91 Å². The van der Waals surface area contributed by atoms with Gasteiger partial charge in [-0.25, -0.2) is 21.6 Å². The zero-order chi connectivity index (χ0) is 22.7. The van der Waals surface area contributed by atoms with Crippen molar-refractivity contribution in [2.24, 2.45) is 0 Å². The minimum absolute atomic E-state index is 0.0318. The summed E-state index contributed by atoms with van der Waals surface area (Å²) < 4.78 is 58.0. The highest BCUT2D eigenvalue weighted by atomic mass is 32.2. The molecule has 0 aliphatic carbocycles. The fourth-order valence-electron chi connectivity index (χ4n) is 2.60. The molecule has 0 bridgehead atoms. The van der Waals surface area contributed by atoms with Crippen LogP contribution in [0, 0.1) is 6.92 Å². The summed E-state index contributed by atoms with van der Waals surface area (Å²) in [6, 6.07) is 8.35. The molecule has 0 fully saturated rings. The van der Waals surface area contributed by atoms with Crippen molar-refractivity contribution in [1.82, 2.24) is 4.72 Å². The van der Waals surface area contributed by atoms with Crippen LogP contribution in [-0.4, -0.2) is 42.2 Å². The lowest BCUT2D eigenvalue weighted by Crippen LogP contribution is -2.30. The van der Waals surface area contributed by atoms with Crippen molar-refractivity contribution in [2.75, 3.05) is 23.4 Å². The van der Waals surface area contributed by atoms with E-state index >= 15 is 0 Å². The fourth-order valence-corrected chi connectivity index (χ4v) is 4.49. The second kappa shape index (κ2) is 9.02. The summed E-state index contributed by atoms with van der Waals surface area (Å²) >= 11 is 0. The molecule has 0 aliphatic rings. The number of carbonyl (C=O) groups is 1. The Labute approximate surface area is 176 Å². The third-order valence-electron chi connectivity index (χ3n) is 3.92. The van der Waals surface area contributed by atoms with E-state index in [1.165, 1.54) is 37.4 Å². The van der Waals surface area contributed by atoms with Crippen LogP contribution in [0.25, 0.3) is 0 Å². The van der Waals surface area contributed by atoms with Gasteiger partial charge in [0.05, 0.1) is 29.6 Å². The highest BCUT2D eigenvalue weighted by molar-refractivity contribution is 7.92. The minimum Gasteiger partial charge on any atom is -0.495 e. The third-order valence-corrected chi connectivity index (χ3v) is 6.16. The van der Waals surface area contributed by atoms with Gasteiger partial charge in [0.1, 0.15) is 5.75 Å². The molecule has 0 aromatic heterocycles. The highest BCUT2D eigenvalue weighted by Gasteiger charge is 2.19. The smallest absolute Gasteiger partial charge is 0.255 e. The standard InChI is InChI=1S/C19H25N3O6S2/c1-12(2)21-30(26,27)15-8-9-18(28-4)17(11-15)20-19(23)14-7-6-13(3)16(10-14)22-29(5,24)25/h6-12,21-22H,1-5H3,(H,20,23). The van der Waals surface area contributed by atoms with Gasteiger partial charge in [0.2, 0.25) is 20.0 Å². The van der Waals surface area contributed by atoms with Crippen LogP contribution in [0.2, 0.25) is 0 Å². The fraction of sp³-hybridized carbons (Fsp3) is 0.316. The van der Waals surface area contributed by atoms with Gasteiger partial charge in [-0.3, -0.25) is 9.52 Å². The predicted molar refractivity (Wildman–Crippen MR) is 116 cm³/mol. The Bertz CT molecular complexity index is 1160. The molecule has 164 valence electrons. The normalized spacial score (nSPS) is 11.9. The molecular formula is C19H25N3O6S2. The zero-order valence-corrected chi connectivity index (χ0v) is 18.9. The van der Waals surface area contributed by atoms with E-state index in [9.17, 15) is 21.6 Å². The number of benzene rings is 2. The van der Waals surface area contributed by atoms with Crippen LogP contribution in [0.4, 0.5) is 11.4 Å². The molecule has 9 nitrogen and oxygen atoms in total. The van der Waals surface area contributed by atoms with E-state index in [1.54, 1.807) is 26.8 Å². The van der Waals surface area contributed by atoms with E-state index in [0.717, 1.165) is 6.26 Å². The summed E-state index contributed by atoms with van der Waals surface area (Å²) in [5, 5.41) is 2.62. The van der Waals surface area contributed by atoms with Crippen molar-refractivity contribution in [3.05, 3.63) is 47.5 Å². The molecule has 1 amide bonds. The van der Waals surface area contributed by atoms with Crippen LogP contribution in [-0.2, 0) is 20.0 Å². The van der Waals surface area contributed by atoms with E-state index < -0.39 is 26.0 Å². The second-order valence-corrected chi connectivity index (χ2v) is 10.5. The maximum atomic E-state index is 12.7. The molecule has 0 saturated heterocycles. The Balaban J connectivity index is 2.39. The highest BCUT2D eigenvalue weighted by Crippen LogP contribution is 2.28. The summed E-state index contributed by atoms with van der Waals surface area (Å²) in [5.41, 5.74) is 1.26. The molecule has 11 heteroatoms. The number of hydrogen-bond donors (Lipinski definition) is 3. The Morgan fingerprint density at radius 2 is 1.67 bits per heavy atom. The van der Waals surface area contributed by atoms with E-state index in [-0.39, 0.29) is 33.6 Å². The molecule has 0 unspecified atom stereocenters. The summed E-state index contributed by atoms with van der Waals surface area (Å²) in [6.07, 6.45) is 1.02. The molecule has 3 N–H and O–H groups in total. The van der Waals surface area contributed by atoms with Gasteiger partial charge in [-0.05, 0) is 56.7 Å². The molecule has 2 aromatic rings. The number of sulfonamides is 2. The topological polar surface area (TPSA) is 131 Å². The first-order valence-electron chi connectivity index (χ1n) is 8.92. The van der Waals surface area contributed by atoms with Gasteiger partial charge in [-0.1, -0.05) is 6.07 Å². The van der Waals surface area contributed by atoms with Gasteiger partial charge >= 0.3 is 0 Å². The maximum Gasteiger partial charge on any atom is 0.255 e. The molecule has 0 aliphatic heterocycles. The number of rotatable bonds is 8. The molecule has 2 aromatic carbocycles. The van der Waals surface area contributed by atoms with Crippen molar-refractivity contribution in [3.8, 4) is 5.75 Å². The average molecular weight is 456 g/mol. The van der Waals surface area contributed by atoms with Gasteiger partial charge in [-0.15, -0.1) is 0 Å². The van der Waals surface area contributed by atoms with E-state index in [4.69, 9.17) is 4.74 Å². The largest absolute Gasteiger partial charge is 0.495 e. The van der Waals surface area contributed by atoms with E-state index in [1.807, 2.05) is 0 Å². The number of anilines is 2. The number of hydrogen-bond acceptors (Lipinski definition) is 6. The summed E-state index contributed by atoms with van der Waals surface area (Å²) in [7, 11) is -5.90. The number of ether oxygens (including phenoxy) is 1. The average Bonchev–Trinajstić information content (AvgIpc) is 2.61. The van der Waals surface area contributed by atoms with Gasteiger partial charge in [-0.2, -0.15) is 0 Å². The summed E-state index contributed by atoms with van der Waals surface area (Å²) in [5.74, 6) is -0.287. The van der Waals surface area contributed by atoms with Crippen LogP contribution in [0.1, 0.15) is 29.8 Å². The number of amides is 1. The van der Waals surface area contributed by atoms with Gasteiger partial charge in [0, 0.05) is 11.6 Å². The Hall–Kier alpha value is -2.63. The Morgan fingerprint density at radius 1 is 1.00 bits per heavy atom. The van der Waals surface area contributed by atoms with Gasteiger partial charge in [0.15, 0.2) is 0 Å². The lowest BCUT2D eigenvalue weighted by Gasteiger charge is -2.15. The first kappa shape index (κ1) is 23.6. The molecule has 30 heavy (non-hydrogen) atoms. The minimum atomic E-state index is -3.77. The van der Waals surface area contributed by atoms with Crippen molar-refractivity contribution >= 4 is 37.3 Å². The molecule has 2 rings (SSSR count). The van der Waals surface area contributed by atoms with Crippen LogP contribution in [0.15, 0.2) is 41.3 Å². The number of carbonyl (C=O) groups excluding carboxylic acids is 1. The number of aryl methyl sites for hydroxylation is 1. The molecule has 0 radical (unpaired) electrons. The van der Waals surface area contributed by atoms with E-state index in [2.05, 4.69) is 14.8 Å². The van der Waals surface area contributed by atoms with Gasteiger partial charge < -0.3 is 10.1 Å². The lowest BCUT2D eigenvalue weighted by atomic mass is 10.1. The van der Waals surface area contributed by atoms with Crippen LogP contribution in [0.5, 0.6) is 5.75 Å². The molecule has 0 spiro atoms. The first-order valence-corrected chi connectivity index (χ1v) is 12.3. The summed E-state index contributed by atoms with van der Waals surface area (Å²) in [4.78, 5) is 12.7. The summed E-state index contributed by atoms with van der Waals surface area (Å²) in [6.45, 7) is 5.10. The van der Waals surface area contributed by atoms with Crippen molar-refractivity contribution in [2.45, 2.75) is 31.7 Å². The second-order valence-electron chi connectivity index (χ2n) is 7.00. The molecule has 0 heterocycles. The first-order chi connectivity index (χ1) is 13.8. The Kier molecular flexibility index (Phi) is 7.11. The van der Waals surface area contributed by atoms with Crippen LogP contribution in [0.3, 0.4) is 0 Å². The predicted octanol–water partition coefficient (Wildman–Crippen LogP) is 2.31. The monoisotopic (exact) mass is 455 g/mol. The Morgan fingerprint density at radius 3 is 2.23 bits per heavy atom. The quantitative estimate of drug-likeness (QED) is 0.560. The SMILES string of the molecule is COc1ccc(S(=O)(=O)NC(C)C)cc1NC(=O)c1ccc(C)c(NS(C)(=O)=O)c1. The van der Waals surface area contributed by atoms with Crippen molar-refractivity contribution < 1.29 is 26.4 Å². The van der Waals surface area contributed by atoms with Crippen molar-refractivity contribution in [1.29, 1.82) is 0 Å². The maximum absolute atomic E-state index is 12.7. The lowest BCUT2D eigenvalue weighted by molar-refractivity contribution is 0.102. The molecular weight excluding hydrogens is 430 g/mol. The number of methoxy groups -OCH3 is 1. The van der Waals surface area contributed by atoms with Crippen molar-refractivity contribution in [3.63, 3.8) is 0 Å². The zero-order valence-electron chi connectivity index (χ0n) is 17.3. The van der Waals surface area contributed by atoms with E-state index in [0.29, 0.717) is 5.56 Å². The third kappa shape index (κ3) is 6.18. The van der Waals surface area contributed by atoms with Crippen LogP contribution >= 0.6 is 0 Å². The molecule has 0 saturated carbocycles. The molecule has 0 atom stereocenters. The van der Waals surface area contributed by atoms with Crippen LogP contribution < -0.4 is 19.5 Å².